The molecule has 0 radical (unpaired) electrons. The Hall–Kier alpha value is -1.65. The highest BCUT2D eigenvalue weighted by Crippen LogP contribution is 2.32. The van der Waals surface area contributed by atoms with Gasteiger partial charge in [-0.25, -0.2) is 18.4 Å². The fraction of sp³-hybridized carbons (Fsp3) is 0.250. The molecule has 1 N–H and O–H groups in total. The molecule has 3 aromatic rings. The average Bonchev–Trinajstić information content (AvgIpc) is 3.05. The topological polar surface area (TPSA) is 84.4 Å². The fourth-order valence-electron chi connectivity index (χ4n) is 2.68. The summed E-state index contributed by atoms with van der Waals surface area (Å²) >= 11 is 13.2. The lowest BCUT2D eigenvalue weighted by atomic mass is 10.3. The van der Waals surface area contributed by atoms with Gasteiger partial charge in [-0.2, -0.15) is 0 Å². The van der Waals surface area contributed by atoms with E-state index in [1.54, 1.807) is 18.2 Å². The van der Waals surface area contributed by atoms with Crippen molar-refractivity contribution in [2.24, 2.45) is 0 Å². The highest BCUT2D eigenvalue weighted by Gasteiger charge is 2.20. The van der Waals surface area contributed by atoms with E-state index in [4.69, 9.17) is 27.9 Å². The first-order chi connectivity index (χ1) is 12.9. The van der Waals surface area contributed by atoms with E-state index in [2.05, 4.69) is 19.6 Å². The van der Waals surface area contributed by atoms with Gasteiger partial charge in [0, 0.05) is 13.1 Å². The molecule has 7 nitrogen and oxygen atoms in total. The highest BCUT2D eigenvalue weighted by molar-refractivity contribution is 7.92. The molecule has 0 amide bonds. The van der Waals surface area contributed by atoms with Crippen molar-refractivity contribution in [1.82, 2.24) is 9.97 Å². The Morgan fingerprint density at radius 1 is 1.11 bits per heavy atom. The van der Waals surface area contributed by atoms with Gasteiger partial charge in [0.2, 0.25) is 0 Å². The number of halogens is 2. The standard InChI is InChI=1S/C16H14Cl2N4O3S2/c17-14-4-3-13(15(18)20-14)27(23,24)21-10-1-2-11-12(9-10)26-16(19-11)22-5-7-25-8-6-22/h1-4,9,21H,5-8H2. The smallest absolute Gasteiger partial charge is 0.264 e. The van der Waals surface area contributed by atoms with E-state index in [1.807, 2.05) is 0 Å². The molecule has 0 unspecified atom stereocenters. The van der Waals surface area contributed by atoms with Gasteiger partial charge in [0.15, 0.2) is 10.3 Å². The zero-order valence-corrected chi connectivity index (χ0v) is 17.0. The van der Waals surface area contributed by atoms with Crippen molar-refractivity contribution in [2.45, 2.75) is 4.90 Å². The minimum Gasteiger partial charge on any atom is -0.378 e. The van der Waals surface area contributed by atoms with Gasteiger partial charge in [-0.05, 0) is 30.3 Å². The second-order valence-electron chi connectivity index (χ2n) is 5.81. The van der Waals surface area contributed by atoms with Crippen molar-refractivity contribution in [3.8, 4) is 0 Å². The lowest BCUT2D eigenvalue weighted by molar-refractivity contribution is 0.122. The number of morpholine rings is 1. The second-order valence-corrected chi connectivity index (χ2v) is 9.21. The van der Waals surface area contributed by atoms with Crippen molar-refractivity contribution in [1.29, 1.82) is 0 Å². The molecule has 1 saturated heterocycles. The third-order valence-corrected chi connectivity index (χ3v) is 7.08. The zero-order chi connectivity index (χ0) is 19.0. The van der Waals surface area contributed by atoms with E-state index < -0.39 is 10.0 Å². The number of nitrogens with zero attached hydrogens (tertiary/aromatic N) is 3. The summed E-state index contributed by atoms with van der Waals surface area (Å²) in [6.07, 6.45) is 0. The fourth-order valence-corrected chi connectivity index (χ4v) is 5.44. The maximum atomic E-state index is 12.6. The van der Waals surface area contributed by atoms with Crippen LogP contribution in [0.3, 0.4) is 0 Å². The van der Waals surface area contributed by atoms with Crippen LogP contribution in [0.1, 0.15) is 0 Å². The largest absolute Gasteiger partial charge is 0.378 e. The summed E-state index contributed by atoms with van der Waals surface area (Å²) in [5, 5.41) is 0.849. The number of benzene rings is 1. The van der Waals surface area contributed by atoms with Gasteiger partial charge >= 0.3 is 0 Å². The maximum absolute atomic E-state index is 12.6. The molecule has 0 atom stereocenters. The number of fused-ring (bicyclic) bond motifs is 1. The van der Waals surface area contributed by atoms with Crippen LogP contribution in [0.25, 0.3) is 10.2 Å². The number of pyridine rings is 1. The number of anilines is 2. The number of thiazole rings is 1. The zero-order valence-electron chi connectivity index (χ0n) is 13.9. The van der Waals surface area contributed by atoms with Crippen LogP contribution in [0.5, 0.6) is 0 Å². The van der Waals surface area contributed by atoms with E-state index in [0.717, 1.165) is 28.4 Å². The first-order valence-electron chi connectivity index (χ1n) is 8.00. The van der Waals surface area contributed by atoms with Gasteiger partial charge < -0.3 is 9.64 Å². The number of sulfonamides is 1. The van der Waals surface area contributed by atoms with Crippen LogP contribution < -0.4 is 9.62 Å². The van der Waals surface area contributed by atoms with Gasteiger partial charge in [-0.3, -0.25) is 4.72 Å². The summed E-state index contributed by atoms with van der Waals surface area (Å²) in [6, 6.07) is 7.91. The van der Waals surface area contributed by atoms with Gasteiger partial charge in [0.25, 0.3) is 10.0 Å². The first kappa shape index (κ1) is 18.7. The monoisotopic (exact) mass is 444 g/mol. The van der Waals surface area contributed by atoms with Crippen LogP contribution in [0, 0.1) is 0 Å². The maximum Gasteiger partial charge on any atom is 0.264 e. The third kappa shape index (κ3) is 3.97. The number of hydrogen-bond donors (Lipinski definition) is 1. The molecule has 3 heterocycles. The molecule has 11 heteroatoms. The molecule has 0 bridgehead atoms. The van der Waals surface area contributed by atoms with Gasteiger partial charge in [-0.1, -0.05) is 34.5 Å². The van der Waals surface area contributed by atoms with Crippen LogP contribution in [0.15, 0.2) is 35.2 Å². The lowest BCUT2D eigenvalue weighted by Crippen LogP contribution is -2.36. The van der Waals surface area contributed by atoms with Crippen molar-refractivity contribution < 1.29 is 13.2 Å². The van der Waals surface area contributed by atoms with Crippen LogP contribution in [0.4, 0.5) is 10.8 Å². The Kier molecular flexibility index (Phi) is 5.13. The Balaban J connectivity index is 1.61. The molecule has 1 aliphatic rings. The number of rotatable bonds is 4. The molecule has 1 aliphatic heterocycles. The Bertz CT molecular complexity index is 1100. The number of hydrogen-bond acceptors (Lipinski definition) is 7. The van der Waals surface area contributed by atoms with Crippen LogP contribution >= 0.6 is 34.5 Å². The van der Waals surface area contributed by atoms with Crippen LogP contribution in [-0.4, -0.2) is 44.7 Å². The summed E-state index contributed by atoms with van der Waals surface area (Å²) in [4.78, 5) is 10.4. The van der Waals surface area contributed by atoms with E-state index in [9.17, 15) is 8.42 Å². The molecule has 1 aromatic carbocycles. The number of aromatic nitrogens is 2. The molecule has 0 aliphatic carbocycles. The van der Waals surface area contributed by atoms with Crippen molar-refractivity contribution in [3.63, 3.8) is 0 Å². The predicted octanol–water partition coefficient (Wildman–Crippen LogP) is 3.64. The quantitative estimate of drug-likeness (QED) is 0.618. The Labute approximate surface area is 169 Å². The molecular weight excluding hydrogens is 431 g/mol. The van der Waals surface area contributed by atoms with Crippen LogP contribution in [-0.2, 0) is 14.8 Å². The Morgan fingerprint density at radius 3 is 2.63 bits per heavy atom. The normalized spacial score (nSPS) is 15.3. The summed E-state index contributed by atoms with van der Waals surface area (Å²) < 4.78 is 34.0. The van der Waals surface area contributed by atoms with Crippen LogP contribution in [0.2, 0.25) is 10.3 Å². The van der Waals surface area contributed by atoms with Crippen molar-refractivity contribution >= 4 is 65.6 Å². The van der Waals surface area contributed by atoms with Gasteiger partial charge in [-0.15, -0.1) is 0 Å². The summed E-state index contributed by atoms with van der Waals surface area (Å²) in [5.41, 5.74) is 1.24. The molecule has 1 fully saturated rings. The lowest BCUT2D eigenvalue weighted by Gasteiger charge is -2.25. The van der Waals surface area contributed by atoms with Crippen molar-refractivity contribution in [3.05, 3.63) is 40.6 Å². The SMILES string of the molecule is O=S(=O)(Nc1ccc2nc(N3CCOCC3)sc2c1)c1ccc(Cl)nc1Cl. The summed E-state index contributed by atoms with van der Waals surface area (Å²) in [5.74, 6) is 0. The minimum atomic E-state index is -3.89. The highest BCUT2D eigenvalue weighted by atomic mass is 35.5. The summed E-state index contributed by atoms with van der Waals surface area (Å²) in [6.45, 7) is 2.94. The molecule has 0 spiro atoms. The van der Waals surface area contributed by atoms with Gasteiger partial charge in [0.05, 0.1) is 29.1 Å². The third-order valence-electron chi connectivity index (χ3n) is 3.98. The predicted molar refractivity (Wildman–Crippen MR) is 108 cm³/mol. The molecule has 142 valence electrons. The molecule has 4 rings (SSSR count). The van der Waals surface area contributed by atoms with E-state index in [-0.39, 0.29) is 15.2 Å². The second kappa shape index (κ2) is 7.40. The van der Waals surface area contributed by atoms with E-state index in [1.165, 1.54) is 23.5 Å². The van der Waals surface area contributed by atoms with E-state index in [0.29, 0.717) is 18.9 Å². The Morgan fingerprint density at radius 2 is 1.89 bits per heavy atom. The number of ether oxygens (including phenoxy) is 1. The number of nitrogens with one attached hydrogen (secondary N) is 1. The molecule has 2 aromatic heterocycles. The van der Waals surface area contributed by atoms with Crippen molar-refractivity contribution in [2.75, 3.05) is 35.9 Å². The minimum absolute atomic E-state index is 0.126. The van der Waals surface area contributed by atoms with Gasteiger partial charge in [0.1, 0.15) is 10.0 Å². The molecule has 27 heavy (non-hydrogen) atoms. The summed E-state index contributed by atoms with van der Waals surface area (Å²) in [7, 11) is -3.89. The van der Waals surface area contributed by atoms with E-state index >= 15 is 0 Å². The molecular formula is C16H14Cl2N4O3S2. The molecule has 0 saturated carbocycles. The first-order valence-corrected chi connectivity index (χ1v) is 11.1. The average molecular weight is 445 g/mol.